The van der Waals surface area contributed by atoms with Crippen LogP contribution in [0, 0.1) is 5.92 Å². The Kier molecular flexibility index (Phi) is 6.98. The highest BCUT2D eigenvalue weighted by molar-refractivity contribution is 5.10. The summed E-state index contributed by atoms with van der Waals surface area (Å²) < 4.78 is 7.60. The van der Waals surface area contributed by atoms with Gasteiger partial charge in [0.2, 0.25) is 0 Å². The topological polar surface area (TPSA) is 39.1 Å². The maximum atomic E-state index is 5.53. The Morgan fingerprint density at radius 3 is 2.78 bits per heavy atom. The zero-order chi connectivity index (χ0) is 13.4. The largest absolute Gasteiger partial charge is 0.380 e. The van der Waals surface area contributed by atoms with E-state index in [4.69, 9.17) is 4.74 Å². The first-order chi connectivity index (χ1) is 8.67. The van der Waals surface area contributed by atoms with E-state index in [9.17, 15) is 0 Å². The van der Waals surface area contributed by atoms with Crippen molar-refractivity contribution in [2.24, 2.45) is 5.92 Å². The highest BCUT2D eigenvalue weighted by Crippen LogP contribution is 2.05. The van der Waals surface area contributed by atoms with Crippen molar-refractivity contribution in [1.82, 2.24) is 15.1 Å². The Hall–Kier alpha value is -0.870. The van der Waals surface area contributed by atoms with Gasteiger partial charge < -0.3 is 10.1 Å². The molecule has 1 aromatic heterocycles. The SMILES string of the molecule is CCc1cc(CNCCOCC(C)C)n(CC)n1. The zero-order valence-electron chi connectivity index (χ0n) is 12.2. The standard InChI is InChI=1S/C14H27N3O/c1-5-13-9-14(17(6-2)16-13)10-15-7-8-18-11-12(3)4/h9,12,15H,5-8,10-11H2,1-4H3. The van der Waals surface area contributed by atoms with Crippen LogP contribution in [0.4, 0.5) is 0 Å². The Morgan fingerprint density at radius 2 is 2.17 bits per heavy atom. The molecule has 0 saturated carbocycles. The highest BCUT2D eigenvalue weighted by Gasteiger charge is 2.04. The zero-order valence-corrected chi connectivity index (χ0v) is 12.2. The van der Waals surface area contributed by atoms with E-state index in [0.717, 1.165) is 39.3 Å². The summed E-state index contributed by atoms with van der Waals surface area (Å²) in [6.07, 6.45) is 0.998. The van der Waals surface area contributed by atoms with Crippen LogP contribution < -0.4 is 5.32 Å². The van der Waals surface area contributed by atoms with Gasteiger partial charge in [0.1, 0.15) is 0 Å². The number of aromatic nitrogens is 2. The van der Waals surface area contributed by atoms with Crippen molar-refractivity contribution in [2.45, 2.75) is 47.2 Å². The van der Waals surface area contributed by atoms with Gasteiger partial charge in [0, 0.05) is 26.2 Å². The molecule has 104 valence electrons. The van der Waals surface area contributed by atoms with Gasteiger partial charge in [0.25, 0.3) is 0 Å². The van der Waals surface area contributed by atoms with Crippen LogP contribution in [0.3, 0.4) is 0 Å². The fraction of sp³-hybridized carbons (Fsp3) is 0.786. The fourth-order valence-electron chi connectivity index (χ4n) is 1.78. The Labute approximate surface area is 111 Å². The van der Waals surface area contributed by atoms with Crippen molar-refractivity contribution in [1.29, 1.82) is 0 Å². The number of aryl methyl sites for hydroxylation is 2. The maximum absolute atomic E-state index is 5.53. The Bertz CT molecular complexity index is 334. The summed E-state index contributed by atoms with van der Waals surface area (Å²) in [7, 11) is 0. The molecule has 0 bridgehead atoms. The Morgan fingerprint density at radius 1 is 1.39 bits per heavy atom. The van der Waals surface area contributed by atoms with E-state index in [1.54, 1.807) is 0 Å². The molecule has 0 unspecified atom stereocenters. The van der Waals surface area contributed by atoms with E-state index in [0.29, 0.717) is 5.92 Å². The van der Waals surface area contributed by atoms with Crippen molar-refractivity contribution < 1.29 is 4.74 Å². The van der Waals surface area contributed by atoms with Gasteiger partial charge in [-0.2, -0.15) is 5.10 Å². The highest BCUT2D eigenvalue weighted by atomic mass is 16.5. The third-order valence-electron chi connectivity index (χ3n) is 2.76. The quantitative estimate of drug-likeness (QED) is 0.686. The average Bonchev–Trinajstić information content (AvgIpc) is 2.75. The van der Waals surface area contributed by atoms with Gasteiger partial charge in [0.15, 0.2) is 0 Å². The number of rotatable bonds is 9. The fourth-order valence-corrected chi connectivity index (χ4v) is 1.78. The van der Waals surface area contributed by atoms with Crippen molar-refractivity contribution in [3.63, 3.8) is 0 Å². The molecule has 1 heterocycles. The first-order valence-electron chi connectivity index (χ1n) is 7.01. The molecule has 4 nitrogen and oxygen atoms in total. The smallest absolute Gasteiger partial charge is 0.0625 e. The molecule has 1 aromatic rings. The van der Waals surface area contributed by atoms with Crippen LogP contribution in [0.25, 0.3) is 0 Å². The van der Waals surface area contributed by atoms with Crippen LogP contribution >= 0.6 is 0 Å². The molecule has 0 aliphatic heterocycles. The Balaban J connectivity index is 2.24. The molecule has 0 aliphatic carbocycles. The molecule has 0 fully saturated rings. The van der Waals surface area contributed by atoms with E-state index >= 15 is 0 Å². The van der Waals surface area contributed by atoms with Crippen molar-refractivity contribution >= 4 is 0 Å². The number of hydrogen-bond donors (Lipinski definition) is 1. The van der Waals surface area contributed by atoms with Gasteiger partial charge >= 0.3 is 0 Å². The molecule has 0 atom stereocenters. The average molecular weight is 253 g/mol. The van der Waals surface area contributed by atoms with Gasteiger partial charge in [-0.1, -0.05) is 20.8 Å². The second-order valence-electron chi connectivity index (χ2n) is 4.94. The number of hydrogen-bond acceptors (Lipinski definition) is 3. The summed E-state index contributed by atoms with van der Waals surface area (Å²) in [5.74, 6) is 0.610. The normalized spacial score (nSPS) is 11.4. The lowest BCUT2D eigenvalue weighted by atomic mass is 10.2. The lowest BCUT2D eigenvalue weighted by molar-refractivity contribution is 0.111. The second-order valence-corrected chi connectivity index (χ2v) is 4.94. The van der Waals surface area contributed by atoms with Crippen LogP contribution in [0.2, 0.25) is 0 Å². The van der Waals surface area contributed by atoms with Crippen LogP contribution in [-0.2, 0) is 24.2 Å². The lowest BCUT2D eigenvalue weighted by Gasteiger charge is -2.08. The van der Waals surface area contributed by atoms with Crippen molar-refractivity contribution in [3.8, 4) is 0 Å². The molecule has 0 spiro atoms. The first kappa shape index (κ1) is 15.2. The third-order valence-corrected chi connectivity index (χ3v) is 2.76. The van der Waals surface area contributed by atoms with E-state index < -0.39 is 0 Å². The molecule has 0 aliphatic rings. The molecule has 0 saturated heterocycles. The van der Waals surface area contributed by atoms with Crippen LogP contribution in [-0.4, -0.2) is 29.5 Å². The predicted octanol–water partition coefficient (Wildman–Crippen LogP) is 2.23. The van der Waals surface area contributed by atoms with Gasteiger partial charge in [-0.25, -0.2) is 0 Å². The minimum Gasteiger partial charge on any atom is -0.380 e. The maximum Gasteiger partial charge on any atom is 0.0625 e. The van der Waals surface area contributed by atoms with Gasteiger partial charge in [-0.15, -0.1) is 0 Å². The summed E-state index contributed by atoms with van der Waals surface area (Å²) in [5.41, 5.74) is 2.43. The monoisotopic (exact) mass is 253 g/mol. The summed E-state index contributed by atoms with van der Waals surface area (Å²) in [5, 5.41) is 7.93. The van der Waals surface area contributed by atoms with Gasteiger partial charge in [-0.3, -0.25) is 4.68 Å². The van der Waals surface area contributed by atoms with Gasteiger partial charge in [-0.05, 0) is 25.3 Å². The molecular weight excluding hydrogens is 226 g/mol. The summed E-state index contributed by atoms with van der Waals surface area (Å²) in [6.45, 7) is 12.9. The summed E-state index contributed by atoms with van der Waals surface area (Å²) >= 11 is 0. The first-order valence-corrected chi connectivity index (χ1v) is 7.01. The van der Waals surface area contributed by atoms with Crippen molar-refractivity contribution in [2.75, 3.05) is 19.8 Å². The van der Waals surface area contributed by atoms with Crippen LogP contribution in [0.5, 0.6) is 0 Å². The van der Waals surface area contributed by atoms with Crippen LogP contribution in [0.1, 0.15) is 39.1 Å². The minimum absolute atomic E-state index is 0.610. The van der Waals surface area contributed by atoms with Gasteiger partial charge in [0.05, 0.1) is 18.0 Å². The number of ether oxygens (including phenoxy) is 1. The second kappa shape index (κ2) is 8.27. The molecule has 0 aromatic carbocycles. The molecule has 0 radical (unpaired) electrons. The van der Waals surface area contributed by atoms with Crippen molar-refractivity contribution in [3.05, 3.63) is 17.5 Å². The molecule has 4 heteroatoms. The minimum atomic E-state index is 0.610. The molecule has 18 heavy (non-hydrogen) atoms. The number of nitrogens with one attached hydrogen (secondary N) is 1. The van der Waals surface area contributed by atoms with E-state index in [1.807, 2.05) is 0 Å². The molecule has 1 rings (SSSR count). The third kappa shape index (κ3) is 5.19. The molecule has 1 N–H and O–H groups in total. The molecular formula is C14H27N3O. The van der Waals surface area contributed by atoms with E-state index in [2.05, 4.69) is 48.9 Å². The van der Waals surface area contributed by atoms with E-state index in [1.165, 1.54) is 11.4 Å². The summed E-state index contributed by atoms with van der Waals surface area (Å²) in [6, 6.07) is 2.19. The molecule has 0 amide bonds. The predicted molar refractivity (Wildman–Crippen MR) is 74.6 cm³/mol. The summed E-state index contributed by atoms with van der Waals surface area (Å²) in [4.78, 5) is 0. The number of nitrogens with zero attached hydrogens (tertiary/aromatic N) is 2. The van der Waals surface area contributed by atoms with Crippen LogP contribution in [0.15, 0.2) is 6.07 Å². The van der Waals surface area contributed by atoms with E-state index in [-0.39, 0.29) is 0 Å². The lowest BCUT2D eigenvalue weighted by Crippen LogP contribution is -2.21.